The number of amides is 1. The third-order valence-corrected chi connectivity index (χ3v) is 4.58. The van der Waals surface area contributed by atoms with E-state index in [4.69, 9.17) is 5.73 Å². The van der Waals surface area contributed by atoms with E-state index in [1.807, 2.05) is 18.2 Å². The van der Waals surface area contributed by atoms with E-state index in [1.165, 1.54) is 18.4 Å². The summed E-state index contributed by atoms with van der Waals surface area (Å²) < 4.78 is 0. The molecule has 0 atom stereocenters. The van der Waals surface area contributed by atoms with E-state index in [2.05, 4.69) is 18.3 Å². The topological polar surface area (TPSA) is 55.1 Å². The van der Waals surface area contributed by atoms with Gasteiger partial charge in [-0.2, -0.15) is 0 Å². The summed E-state index contributed by atoms with van der Waals surface area (Å²) in [7, 11) is 0. The maximum absolute atomic E-state index is 12.8. The molecule has 3 N–H and O–H groups in total. The normalized spacial score (nSPS) is 18.3. The maximum atomic E-state index is 12.8. The Hall–Kier alpha value is -1.35. The van der Waals surface area contributed by atoms with Crippen molar-refractivity contribution >= 4 is 11.6 Å². The zero-order valence-electron chi connectivity index (χ0n) is 12.5. The van der Waals surface area contributed by atoms with Crippen LogP contribution in [0.1, 0.15) is 51.0 Å². The molecule has 0 heterocycles. The smallest absolute Gasteiger partial charge is 0.231 e. The molecule has 0 radical (unpaired) electrons. The molecule has 1 aromatic carbocycles. The van der Waals surface area contributed by atoms with Gasteiger partial charge in [0.25, 0.3) is 0 Å². The molecule has 1 fully saturated rings. The number of hydrogen-bond acceptors (Lipinski definition) is 2. The molecule has 1 amide bonds. The zero-order valence-corrected chi connectivity index (χ0v) is 12.5. The van der Waals surface area contributed by atoms with Gasteiger partial charge in [-0.15, -0.1) is 0 Å². The van der Waals surface area contributed by atoms with Crippen LogP contribution < -0.4 is 11.1 Å². The SMILES string of the molecule is CCc1ccccc1NC(=O)C1(CN)CCCCCC1. The number of carbonyl (C=O) groups is 1. The van der Waals surface area contributed by atoms with Gasteiger partial charge in [0.2, 0.25) is 5.91 Å². The Kier molecular flexibility index (Phi) is 5.18. The molecule has 3 heteroatoms. The lowest BCUT2D eigenvalue weighted by Gasteiger charge is -2.30. The number of nitrogens with two attached hydrogens (primary N) is 1. The fraction of sp³-hybridized carbons (Fsp3) is 0.588. The van der Waals surface area contributed by atoms with Gasteiger partial charge in [0, 0.05) is 12.2 Å². The molecular weight excluding hydrogens is 248 g/mol. The lowest BCUT2D eigenvalue weighted by atomic mass is 9.79. The highest BCUT2D eigenvalue weighted by Crippen LogP contribution is 2.35. The van der Waals surface area contributed by atoms with Crippen LogP contribution in [0.25, 0.3) is 0 Å². The van der Waals surface area contributed by atoms with E-state index in [9.17, 15) is 4.79 Å². The van der Waals surface area contributed by atoms with E-state index >= 15 is 0 Å². The van der Waals surface area contributed by atoms with Gasteiger partial charge in [-0.05, 0) is 30.9 Å². The summed E-state index contributed by atoms with van der Waals surface area (Å²) in [6.45, 7) is 2.56. The van der Waals surface area contributed by atoms with Crippen molar-refractivity contribution in [2.45, 2.75) is 51.9 Å². The van der Waals surface area contributed by atoms with E-state index in [1.54, 1.807) is 0 Å². The minimum atomic E-state index is -0.364. The molecule has 3 nitrogen and oxygen atoms in total. The van der Waals surface area contributed by atoms with Crippen LogP contribution in [0, 0.1) is 5.41 Å². The summed E-state index contributed by atoms with van der Waals surface area (Å²) in [6, 6.07) is 8.03. The minimum Gasteiger partial charge on any atom is -0.329 e. The number of benzene rings is 1. The summed E-state index contributed by atoms with van der Waals surface area (Å²) in [5.41, 5.74) is 7.73. The number of aryl methyl sites for hydroxylation is 1. The Morgan fingerprint density at radius 2 is 1.85 bits per heavy atom. The van der Waals surface area contributed by atoms with Crippen molar-refractivity contribution in [3.63, 3.8) is 0 Å². The molecule has 0 bridgehead atoms. The van der Waals surface area contributed by atoms with Crippen molar-refractivity contribution in [3.05, 3.63) is 29.8 Å². The highest BCUT2D eigenvalue weighted by Gasteiger charge is 2.37. The highest BCUT2D eigenvalue weighted by molar-refractivity contribution is 5.96. The molecule has 20 heavy (non-hydrogen) atoms. The molecule has 110 valence electrons. The summed E-state index contributed by atoms with van der Waals surface area (Å²) >= 11 is 0. The van der Waals surface area contributed by atoms with Crippen molar-refractivity contribution in [2.24, 2.45) is 11.1 Å². The van der Waals surface area contributed by atoms with Crippen molar-refractivity contribution in [3.8, 4) is 0 Å². The predicted molar refractivity (Wildman–Crippen MR) is 83.6 cm³/mol. The zero-order chi connectivity index (χ0) is 14.4. The van der Waals surface area contributed by atoms with Gasteiger partial charge in [-0.25, -0.2) is 0 Å². The lowest BCUT2D eigenvalue weighted by Crippen LogP contribution is -2.42. The third kappa shape index (κ3) is 3.21. The van der Waals surface area contributed by atoms with E-state index < -0.39 is 0 Å². The second-order valence-electron chi connectivity index (χ2n) is 5.86. The Balaban J connectivity index is 2.16. The molecule has 1 aliphatic carbocycles. The molecule has 0 saturated heterocycles. The number of carbonyl (C=O) groups excluding carboxylic acids is 1. The van der Waals surface area contributed by atoms with E-state index in [-0.39, 0.29) is 11.3 Å². The molecule has 2 rings (SSSR count). The van der Waals surface area contributed by atoms with Crippen LogP contribution in [0.2, 0.25) is 0 Å². The number of nitrogens with one attached hydrogen (secondary N) is 1. The van der Waals surface area contributed by atoms with Crippen molar-refractivity contribution < 1.29 is 4.79 Å². The molecule has 0 aliphatic heterocycles. The molecule has 1 saturated carbocycles. The highest BCUT2D eigenvalue weighted by atomic mass is 16.2. The van der Waals surface area contributed by atoms with Crippen molar-refractivity contribution in [1.29, 1.82) is 0 Å². The van der Waals surface area contributed by atoms with Crippen molar-refractivity contribution in [1.82, 2.24) is 0 Å². The summed E-state index contributed by atoms with van der Waals surface area (Å²) in [4.78, 5) is 12.8. The van der Waals surface area contributed by atoms with Crippen LogP contribution >= 0.6 is 0 Å². The van der Waals surface area contributed by atoms with Crippen LogP contribution in [0.3, 0.4) is 0 Å². The van der Waals surface area contributed by atoms with Gasteiger partial charge in [-0.3, -0.25) is 4.79 Å². The predicted octanol–water partition coefficient (Wildman–Crippen LogP) is 3.49. The monoisotopic (exact) mass is 274 g/mol. The Bertz CT molecular complexity index is 448. The quantitative estimate of drug-likeness (QED) is 0.826. The first-order valence-electron chi connectivity index (χ1n) is 7.81. The number of para-hydroxylation sites is 1. The first-order valence-corrected chi connectivity index (χ1v) is 7.81. The first kappa shape index (κ1) is 15.0. The standard InChI is InChI=1S/C17H26N2O/c1-2-14-9-5-6-10-15(14)19-16(20)17(13-18)11-7-3-4-8-12-17/h5-6,9-10H,2-4,7-8,11-13,18H2,1H3,(H,19,20). The molecule has 1 aromatic rings. The van der Waals surface area contributed by atoms with Gasteiger partial charge in [0.15, 0.2) is 0 Å². The lowest BCUT2D eigenvalue weighted by molar-refractivity contribution is -0.125. The van der Waals surface area contributed by atoms with Crippen LogP contribution in [-0.4, -0.2) is 12.5 Å². The number of rotatable bonds is 4. The molecular formula is C17H26N2O. The Labute approximate surface area is 121 Å². The fourth-order valence-electron chi connectivity index (χ4n) is 3.13. The van der Waals surface area contributed by atoms with Crippen LogP contribution in [0.15, 0.2) is 24.3 Å². The maximum Gasteiger partial charge on any atom is 0.231 e. The summed E-state index contributed by atoms with van der Waals surface area (Å²) in [5, 5.41) is 3.13. The minimum absolute atomic E-state index is 0.114. The molecule has 1 aliphatic rings. The Morgan fingerprint density at radius 3 is 2.45 bits per heavy atom. The second-order valence-corrected chi connectivity index (χ2v) is 5.86. The van der Waals surface area contributed by atoms with Crippen molar-refractivity contribution in [2.75, 3.05) is 11.9 Å². The fourth-order valence-corrected chi connectivity index (χ4v) is 3.13. The summed E-state index contributed by atoms with van der Waals surface area (Å²) in [6.07, 6.45) is 7.43. The van der Waals surface area contributed by atoms with E-state index in [0.717, 1.165) is 37.8 Å². The first-order chi connectivity index (χ1) is 9.72. The average Bonchev–Trinajstić information content (AvgIpc) is 2.74. The van der Waals surface area contributed by atoms with Crippen LogP contribution in [0.4, 0.5) is 5.69 Å². The molecule has 0 aromatic heterocycles. The largest absolute Gasteiger partial charge is 0.329 e. The molecule has 0 unspecified atom stereocenters. The van der Waals surface area contributed by atoms with Gasteiger partial charge in [0.05, 0.1) is 5.41 Å². The van der Waals surface area contributed by atoms with E-state index in [0.29, 0.717) is 6.54 Å². The van der Waals surface area contributed by atoms with Gasteiger partial charge in [-0.1, -0.05) is 50.8 Å². The number of anilines is 1. The van der Waals surface area contributed by atoms with Crippen LogP contribution in [0.5, 0.6) is 0 Å². The average molecular weight is 274 g/mol. The third-order valence-electron chi connectivity index (χ3n) is 4.58. The summed E-state index contributed by atoms with van der Waals surface area (Å²) in [5.74, 6) is 0.114. The van der Waals surface area contributed by atoms with Gasteiger partial charge >= 0.3 is 0 Å². The second kappa shape index (κ2) is 6.89. The van der Waals surface area contributed by atoms with Gasteiger partial charge < -0.3 is 11.1 Å². The molecule has 0 spiro atoms. The van der Waals surface area contributed by atoms with Gasteiger partial charge in [0.1, 0.15) is 0 Å². The van der Waals surface area contributed by atoms with Crippen LogP contribution in [-0.2, 0) is 11.2 Å². The Morgan fingerprint density at radius 1 is 1.20 bits per heavy atom. The number of hydrogen-bond donors (Lipinski definition) is 2.